The maximum atomic E-state index is 5.41. The molecule has 0 N–H and O–H groups in total. The summed E-state index contributed by atoms with van der Waals surface area (Å²) >= 11 is 8.92. The maximum Gasteiger partial charge on any atom is 0.138 e. The minimum atomic E-state index is 0.584. The molecule has 1 saturated heterocycles. The van der Waals surface area contributed by atoms with Gasteiger partial charge in [-0.1, -0.05) is 24.0 Å². The minimum absolute atomic E-state index is 0.584. The van der Waals surface area contributed by atoms with Crippen molar-refractivity contribution in [3.8, 4) is 0 Å². The van der Waals surface area contributed by atoms with E-state index in [0.717, 1.165) is 23.4 Å². The van der Waals surface area contributed by atoms with Crippen molar-refractivity contribution in [1.29, 1.82) is 0 Å². The van der Waals surface area contributed by atoms with Crippen molar-refractivity contribution in [1.82, 2.24) is 9.80 Å². The molecular formula is C11H16N2S3. The van der Waals surface area contributed by atoms with Crippen molar-refractivity contribution in [3.63, 3.8) is 0 Å². The highest BCUT2D eigenvalue weighted by Gasteiger charge is 2.23. The van der Waals surface area contributed by atoms with Gasteiger partial charge in [-0.05, 0) is 36.2 Å². The molecule has 0 amide bonds. The van der Waals surface area contributed by atoms with Gasteiger partial charge in [0.15, 0.2) is 0 Å². The Balaban J connectivity index is 1.99. The number of hydrogen-bond acceptors (Lipinski definition) is 4. The van der Waals surface area contributed by atoms with Gasteiger partial charge < -0.3 is 4.90 Å². The molecule has 1 aliphatic heterocycles. The Kier molecular flexibility index (Phi) is 4.24. The van der Waals surface area contributed by atoms with Crippen LogP contribution in [0.2, 0.25) is 0 Å². The Morgan fingerprint density at radius 3 is 2.94 bits per heavy atom. The monoisotopic (exact) mass is 272 g/mol. The molecule has 0 unspecified atom stereocenters. The first-order valence-electron chi connectivity index (χ1n) is 5.33. The molecule has 0 spiro atoms. The number of thioether (sulfide) groups is 1. The van der Waals surface area contributed by atoms with E-state index in [0.29, 0.717) is 6.04 Å². The normalized spacial score (nSPS) is 18.4. The summed E-state index contributed by atoms with van der Waals surface area (Å²) in [7, 11) is 0. The lowest BCUT2D eigenvalue weighted by Crippen LogP contribution is -2.46. The molecule has 1 aromatic rings. The third-order valence-electron chi connectivity index (χ3n) is 2.65. The molecule has 2 nitrogen and oxygen atoms in total. The molecule has 0 radical (unpaired) electrons. The van der Waals surface area contributed by atoms with E-state index in [1.807, 2.05) is 0 Å². The zero-order chi connectivity index (χ0) is 11.5. The van der Waals surface area contributed by atoms with Crippen LogP contribution in [0.25, 0.3) is 0 Å². The first kappa shape index (κ1) is 12.4. The SMILES string of the molecule is CC(C)N1CSC(=S)N(Cc2ccsc2)C1. The van der Waals surface area contributed by atoms with E-state index in [2.05, 4.69) is 40.5 Å². The zero-order valence-corrected chi connectivity index (χ0v) is 12.0. The summed E-state index contributed by atoms with van der Waals surface area (Å²) in [5.74, 6) is 1.02. The van der Waals surface area contributed by atoms with Crippen molar-refractivity contribution in [2.75, 3.05) is 12.5 Å². The minimum Gasteiger partial charge on any atom is -0.340 e. The lowest BCUT2D eigenvalue weighted by atomic mass is 10.3. The van der Waals surface area contributed by atoms with Crippen molar-refractivity contribution in [3.05, 3.63) is 22.4 Å². The second-order valence-electron chi connectivity index (χ2n) is 4.19. The van der Waals surface area contributed by atoms with Gasteiger partial charge in [0, 0.05) is 12.6 Å². The van der Waals surface area contributed by atoms with E-state index in [1.54, 1.807) is 23.1 Å². The highest BCUT2D eigenvalue weighted by atomic mass is 32.2. The van der Waals surface area contributed by atoms with E-state index < -0.39 is 0 Å². The molecule has 1 aliphatic rings. The predicted molar refractivity (Wildman–Crippen MR) is 76.8 cm³/mol. The number of thiocarbonyl (C=S) groups is 1. The van der Waals surface area contributed by atoms with E-state index in [9.17, 15) is 0 Å². The average molecular weight is 272 g/mol. The lowest BCUT2D eigenvalue weighted by Gasteiger charge is -2.38. The fraction of sp³-hybridized carbons (Fsp3) is 0.545. The molecule has 1 fully saturated rings. The number of hydrogen-bond donors (Lipinski definition) is 0. The maximum absolute atomic E-state index is 5.41. The second kappa shape index (κ2) is 5.49. The van der Waals surface area contributed by atoms with Crippen molar-refractivity contribution < 1.29 is 0 Å². The summed E-state index contributed by atoms with van der Waals surface area (Å²) in [6.45, 7) is 6.37. The zero-order valence-electron chi connectivity index (χ0n) is 9.55. The van der Waals surface area contributed by atoms with Crippen LogP contribution in [-0.4, -0.2) is 32.7 Å². The van der Waals surface area contributed by atoms with Crippen LogP contribution >= 0.6 is 35.3 Å². The Bertz CT molecular complexity index is 348. The summed E-state index contributed by atoms with van der Waals surface area (Å²) in [5.41, 5.74) is 1.36. The topological polar surface area (TPSA) is 6.48 Å². The van der Waals surface area contributed by atoms with Crippen molar-refractivity contribution in [2.45, 2.75) is 26.4 Å². The fourth-order valence-corrected chi connectivity index (χ4v) is 3.48. The first-order chi connectivity index (χ1) is 7.66. The second-order valence-corrected chi connectivity index (χ2v) is 6.55. The van der Waals surface area contributed by atoms with Crippen LogP contribution < -0.4 is 0 Å². The quantitative estimate of drug-likeness (QED) is 0.779. The third kappa shape index (κ3) is 2.97. The number of nitrogens with zero attached hydrogens (tertiary/aromatic N) is 2. The van der Waals surface area contributed by atoms with Crippen LogP contribution in [0.3, 0.4) is 0 Å². The smallest absolute Gasteiger partial charge is 0.138 e. The predicted octanol–water partition coefficient (Wildman–Crippen LogP) is 3.21. The molecule has 2 rings (SSSR count). The van der Waals surface area contributed by atoms with Gasteiger partial charge >= 0.3 is 0 Å². The molecule has 2 heterocycles. The highest BCUT2D eigenvalue weighted by Crippen LogP contribution is 2.22. The summed E-state index contributed by atoms with van der Waals surface area (Å²) in [6, 6.07) is 2.76. The average Bonchev–Trinajstić information content (AvgIpc) is 2.73. The van der Waals surface area contributed by atoms with Crippen molar-refractivity contribution in [2.24, 2.45) is 0 Å². The molecule has 88 valence electrons. The molecule has 0 aromatic carbocycles. The molecular weight excluding hydrogens is 256 g/mol. The van der Waals surface area contributed by atoms with E-state index in [-0.39, 0.29) is 0 Å². The van der Waals surface area contributed by atoms with Gasteiger partial charge in [0.1, 0.15) is 4.32 Å². The molecule has 5 heteroatoms. The molecule has 0 saturated carbocycles. The first-order valence-corrected chi connectivity index (χ1v) is 7.67. The molecule has 0 bridgehead atoms. The summed E-state index contributed by atoms with van der Waals surface area (Å²) in [5, 5.41) is 4.32. The Morgan fingerprint density at radius 2 is 2.31 bits per heavy atom. The summed E-state index contributed by atoms with van der Waals surface area (Å²) in [4.78, 5) is 4.72. The van der Waals surface area contributed by atoms with E-state index >= 15 is 0 Å². The Hall–Kier alpha value is -0.100. The van der Waals surface area contributed by atoms with Crippen LogP contribution in [0.1, 0.15) is 19.4 Å². The lowest BCUT2D eigenvalue weighted by molar-refractivity contribution is 0.171. The summed E-state index contributed by atoms with van der Waals surface area (Å²) in [6.07, 6.45) is 0. The van der Waals surface area contributed by atoms with Gasteiger partial charge in [0.25, 0.3) is 0 Å². The summed E-state index contributed by atoms with van der Waals surface area (Å²) < 4.78 is 1.03. The van der Waals surface area contributed by atoms with Crippen LogP contribution in [0.15, 0.2) is 16.8 Å². The molecule has 0 aliphatic carbocycles. The van der Waals surface area contributed by atoms with Gasteiger partial charge in [0.2, 0.25) is 0 Å². The van der Waals surface area contributed by atoms with Crippen LogP contribution in [0.4, 0.5) is 0 Å². The van der Waals surface area contributed by atoms with Gasteiger partial charge in [-0.2, -0.15) is 11.3 Å². The van der Waals surface area contributed by atoms with Crippen LogP contribution in [0.5, 0.6) is 0 Å². The molecule has 1 aromatic heterocycles. The standard InChI is InChI=1S/C11H16N2S3/c1-9(2)13-7-12(11(14)16-8-13)5-10-3-4-15-6-10/h3-4,6,9H,5,7-8H2,1-2H3. The van der Waals surface area contributed by atoms with E-state index in [4.69, 9.17) is 12.2 Å². The largest absolute Gasteiger partial charge is 0.340 e. The van der Waals surface area contributed by atoms with Gasteiger partial charge in [0.05, 0.1) is 12.5 Å². The number of rotatable bonds is 3. The molecule has 0 atom stereocenters. The van der Waals surface area contributed by atoms with Crippen LogP contribution in [0, 0.1) is 0 Å². The Morgan fingerprint density at radius 1 is 1.50 bits per heavy atom. The fourth-order valence-electron chi connectivity index (χ4n) is 1.58. The van der Waals surface area contributed by atoms with Crippen LogP contribution in [-0.2, 0) is 6.54 Å². The number of thiophene rings is 1. The van der Waals surface area contributed by atoms with Crippen molar-refractivity contribution >= 4 is 39.6 Å². The van der Waals surface area contributed by atoms with Gasteiger partial charge in [-0.3, -0.25) is 4.90 Å². The highest BCUT2D eigenvalue weighted by molar-refractivity contribution is 8.22. The van der Waals surface area contributed by atoms with E-state index in [1.165, 1.54) is 5.56 Å². The molecule has 16 heavy (non-hydrogen) atoms. The van der Waals surface area contributed by atoms with Gasteiger partial charge in [-0.25, -0.2) is 0 Å². The Labute approximate surface area is 111 Å². The third-order valence-corrected chi connectivity index (χ3v) is 4.96. The van der Waals surface area contributed by atoms with Gasteiger partial charge in [-0.15, -0.1) is 0 Å².